The quantitative estimate of drug-likeness (QED) is 0.538. The topological polar surface area (TPSA) is 50.5 Å². The fourth-order valence-electron chi connectivity index (χ4n) is 2.82. The van der Waals surface area contributed by atoms with Crippen LogP contribution in [-0.2, 0) is 11.4 Å². The van der Waals surface area contributed by atoms with Gasteiger partial charge in [-0.25, -0.2) is 4.57 Å². The molecule has 0 bridgehead atoms. The summed E-state index contributed by atoms with van der Waals surface area (Å²) in [5, 5.41) is 4.47. The van der Waals surface area contributed by atoms with Crippen molar-refractivity contribution in [3.05, 3.63) is 82.9 Å². The van der Waals surface area contributed by atoms with E-state index in [4.69, 9.17) is 9.57 Å². The third kappa shape index (κ3) is 3.44. The van der Waals surface area contributed by atoms with Crippen LogP contribution < -0.4 is 9.30 Å². The molecular formula is C19H17BrN3O2+. The molecule has 6 heteroatoms. The molecule has 0 saturated heterocycles. The number of aromatic nitrogens is 2. The van der Waals surface area contributed by atoms with Crippen molar-refractivity contribution in [2.45, 2.75) is 12.6 Å². The smallest absolute Gasteiger partial charge is 0.242 e. The van der Waals surface area contributed by atoms with Gasteiger partial charge in [0.1, 0.15) is 37.1 Å². The molecule has 1 aliphatic heterocycles. The van der Waals surface area contributed by atoms with E-state index in [1.165, 1.54) is 0 Å². The minimum Gasteiger partial charge on any atom is -0.488 e. The van der Waals surface area contributed by atoms with Crippen molar-refractivity contribution in [2.75, 3.05) is 6.61 Å². The molecular weight excluding hydrogens is 382 g/mol. The number of nitrogens with one attached hydrogen (secondary N) is 1. The molecule has 25 heavy (non-hydrogen) atoms. The van der Waals surface area contributed by atoms with Crippen molar-refractivity contribution in [1.82, 2.24) is 4.98 Å². The molecule has 0 fully saturated rings. The maximum Gasteiger partial charge on any atom is 0.242 e. The maximum atomic E-state index is 5.89. The molecule has 1 aromatic heterocycles. The molecule has 0 amide bonds. The van der Waals surface area contributed by atoms with Gasteiger partial charge in [0.15, 0.2) is 6.04 Å². The first-order valence-electron chi connectivity index (χ1n) is 8.01. The summed E-state index contributed by atoms with van der Waals surface area (Å²) < 4.78 is 8.98. The monoisotopic (exact) mass is 398 g/mol. The van der Waals surface area contributed by atoms with E-state index in [2.05, 4.69) is 26.1 Å². The van der Waals surface area contributed by atoms with E-state index in [0.717, 1.165) is 27.1 Å². The van der Waals surface area contributed by atoms with Crippen LogP contribution >= 0.6 is 15.9 Å². The van der Waals surface area contributed by atoms with E-state index in [1.54, 1.807) is 0 Å². The number of hydrogen-bond acceptors (Lipinski definition) is 3. The number of halogens is 1. The summed E-state index contributed by atoms with van der Waals surface area (Å²) in [6.45, 7) is 0.935. The number of ether oxygens (including phenoxy) is 1. The molecule has 1 atom stereocenters. The summed E-state index contributed by atoms with van der Waals surface area (Å²) in [6.07, 6.45) is 5.74. The molecule has 1 aliphatic rings. The summed E-state index contributed by atoms with van der Waals surface area (Å²) in [5.74, 6) is 0.834. The average molecular weight is 399 g/mol. The molecule has 2 aromatic carbocycles. The maximum absolute atomic E-state index is 5.89. The number of nitrogens with zero attached hydrogens (tertiary/aromatic N) is 2. The highest BCUT2D eigenvalue weighted by atomic mass is 79.9. The highest BCUT2D eigenvalue weighted by Crippen LogP contribution is 2.28. The Kier molecular flexibility index (Phi) is 4.52. The van der Waals surface area contributed by atoms with Gasteiger partial charge in [0, 0.05) is 10.0 Å². The molecule has 4 rings (SSSR count). The Labute approximate surface area is 154 Å². The van der Waals surface area contributed by atoms with Gasteiger partial charge < -0.3 is 9.57 Å². The largest absolute Gasteiger partial charge is 0.488 e. The molecule has 0 radical (unpaired) electrons. The van der Waals surface area contributed by atoms with Gasteiger partial charge in [-0.1, -0.05) is 45.4 Å². The summed E-state index contributed by atoms with van der Waals surface area (Å²) in [4.78, 5) is 8.74. The van der Waals surface area contributed by atoms with Crippen molar-refractivity contribution < 1.29 is 14.1 Å². The third-order valence-electron chi connectivity index (χ3n) is 4.11. The van der Waals surface area contributed by atoms with Crippen LogP contribution in [0.25, 0.3) is 0 Å². The summed E-state index contributed by atoms with van der Waals surface area (Å²) in [5.41, 5.74) is 2.89. The lowest BCUT2D eigenvalue weighted by molar-refractivity contribution is -0.706. The first-order chi connectivity index (χ1) is 12.3. The highest BCUT2D eigenvalue weighted by Gasteiger charge is 2.32. The number of hydrogen-bond donors (Lipinski definition) is 1. The number of fused-ring (bicyclic) bond motifs is 1. The van der Waals surface area contributed by atoms with E-state index in [1.807, 2.05) is 71.8 Å². The Hall–Kier alpha value is -2.60. The van der Waals surface area contributed by atoms with Crippen LogP contribution in [0.15, 0.2) is 76.9 Å². The minimum absolute atomic E-state index is 0.0360. The molecule has 0 aliphatic carbocycles. The van der Waals surface area contributed by atoms with Crippen LogP contribution in [0, 0.1) is 0 Å². The van der Waals surface area contributed by atoms with Gasteiger partial charge in [0.05, 0.1) is 0 Å². The standard InChI is InChI=1S/C19H16BrN3O2/c20-15-7-5-14(6-8-15)11-25-22-19-16-3-1-2-4-18(16)24-12-17(19)23-10-9-21-13-23/h1-10,13,17H,11-12H2/p+1/b22-19+. The number of benzene rings is 2. The number of aromatic amines is 1. The van der Waals surface area contributed by atoms with E-state index in [-0.39, 0.29) is 6.04 Å². The highest BCUT2D eigenvalue weighted by molar-refractivity contribution is 9.10. The normalized spacial score (nSPS) is 17.8. The Balaban J connectivity index is 1.61. The van der Waals surface area contributed by atoms with Crippen molar-refractivity contribution in [3.8, 4) is 5.75 Å². The summed E-state index contributed by atoms with van der Waals surface area (Å²) >= 11 is 3.44. The number of imidazole rings is 1. The van der Waals surface area contributed by atoms with Crippen LogP contribution in [0.5, 0.6) is 5.75 Å². The Morgan fingerprint density at radius 1 is 1.20 bits per heavy atom. The summed E-state index contributed by atoms with van der Waals surface area (Å²) in [7, 11) is 0. The SMILES string of the molecule is Brc1ccc(CO/N=C2\c3ccccc3OCC2[n+]2cc[nH]c2)cc1. The van der Waals surface area contributed by atoms with E-state index in [0.29, 0.717) is 13.2 Å². The van der Waals surface area contributed by atoms with Crippen LogP contribution in [-0.4, -0.2) is 17.3 Å². The fourth-order valence-corrected chi connectivity index (χ4v) is 3.08. The van der Waals surface area contributed by atoms with Gasteiger partial charge in [-0.2, -0.15) is 0 Å². The predicted molar refractivity (Wildman–Crippen MR) is 97.4 cm³/mol. The van der Waals surface area contributed by atoms with Gasteiger partial charge in [0.25, 0.3) is 0 Å². The van der Waals surface area contributed by atoms with E-state index in [9.17, 15) is 0 Å². The van der Waals surface area contributed by atoms with Crippen LogP contribution in [0.3, 0.4) is 0 Å². The third-order valence-corrected chi connectivity index (χ3v) is 4.64. The van der Waals surface area contributed by atoms with E-state index >= 15 is 0 Å². The Bertz CT molecular complexity index is 876. The fraction of sp³-hybridized carbons (Fsp3) is 0.158. The molecule has 0 spiro atoms. The lowest BCUT2D eigenvalue weighted by atomic mass is 10.00. The molecule has 1 unspecified atom stereocenters. The number of para-hydroxylation sites is 1. The molecule has 5 nitrogen and oxygen atoms in total. The molecule has 2 heterocycles. The minimum atomic E-state index is -0.0360. The average Bonchev–Trinajstić information content (AvgIpc) is 3.18. The Morgan fingerprint density at radius 3 is 2.84 bits per heavy atom. The lowest BCUT2D eigenvalue weighted by Gasteiger charge is -2.24. The first-order valence-corrected chi connectivity index (χ1v) is 8.80. The zero-order chi connectivity index (χ0) is 17.1. The predicted octanol–water partition coefficient (Wildman–Crippen LogP) is 3.62. The number of oxime groups is 1. The number of H-pyrrole nitrogens is 1. The Morgan fingerprint density at radius 2 is 2.04 bits per heavy atom. The van der Waals surface area contributed by atoms with Crippen LogP contribution in [0.1, 0.15) is 17.2 Å². The second kappa shape index (κ2) is 7.11. The zero-order valence-electron chi connectivity index (χ0n) is 13.4. The first kappa shape index (κ1) is 15.9. The second-order valence-corrected chi connectivity index (χ2v) is 6.67. The van der Waals surface area contributed by atoms with Crippen molar-refractivity contribution >= 4 is 21.6 Å². The second-order valence-electron chi connectivity index (χ2n) is 5.76. The van der Waals surface area contributed by atoms with Crippen molar-refractivity contribution in [1.29, 1.82) is 0 Å². The zero-order valence-corrected chi connectivity index (χ0v) is 15.0. The molecule has 126 valence electrons. The molecule has 3 aromatic rings. The van der Waals surface area contributed by atoms with Gasteiger partial charge in [-0.3, -0.25) is 4.98 Å². The van der Waals surface area contributed by atoms with Crippen molar-refractivity contribution in [2.24, 2.45) is 5.16 Å². The number of rotatable bonds is 4. The van der Waals surface area contributed by atoms with Crippen LogP contribution in [0.2, 0.25) is 0 Å². The summed E-state index contributed by atoms with van der Waals surface area (Å²) in [6, 6.07) is 15.9. The van der Waals surface area contributed by atoms with Gasteiger partial charge >= 0.3 is 0 Å². The molecule has 1 N–H and O–H groups in total. The lowest BCUT2D eigenvalue weighted by Crippen LogP contribution is -2.48. The van der Waals surface area contributed by atoms with Gasteiger partial charge in [0.2, 0.25) is 6.33 Å². The van der Waals surface area contributed by atoms with Crippen molar-refractivity contribution in [3.63, 3.8) is 0 Å². The van der Waals surface area contributed by atoms with E-state index < -0.39 is 0 Å². The van der Waals surface area contributed by atoms with Gasteiger partial charge in [-0.05, 0) is 29.8 Å². The molecule has 0 saturated carbocycles. The van der Waals surface area contributed by atoms with Crippen LogP contribution in [0.4, 0.5) is 0 Å². The van der Waals surface area contributed by atoms with Gasteiger partial charge in [-0.15, -0.1) is 0 Å².